The summed E-state index contributed by atoms with van der Waals surface area (Å²) in [5, 5.41) is 0. The highest BCUT2D eigenvalue weighted by Crippen LogP contribution is 2.27. The fourth-order valence-corrected chi connectivity index (χ4v) is 4.73. The Morgan fingerprint density at radius 2 is 1.80 bits per heavy atom. The molecule has 0 aromatic heterocycles. The number of rotatable bonds is 5. The Morgan fingerprint density at radius 1 is 1.12 bits per heavy atom. The van der Waals surface area contributed by atoms with Crippen molar-refractivity contribution in [3.05, 3.63) is 59.9 Å². The normalized spacial score (nSPS) is 16.7. The Hall–Kier alpha value is -1.92. The maximum atomic E-state index is 13.3. The van der Waals surface area contributed by atoms with Gasteiger partial charge in [0, 0.05) is 13.1 Å². The molecule has 1 fully saturated rings. The van der Waals surface area contributed by atoms with Gasteiger partial charge in [0.2, 0.25) is 10.0 Å². The molecule has 2 aromatic carbocycles. The van der Waals surface area contributed by atoms with Gasteiger partial charge < -0.3 is 4.74 Å². The lowest BCUT2D eigenvalue weighted by Gasteiger charge is -2.31. The number of methoxy groups -OCH3 is 1. The zero-order chi connectivity index (χ0) is 17.9. The minimum atomic E-state index is -3.61. The zero-order valence-electron chi connectivity index (χ0n) is 14.2. The van der Waals surface area contributed by atoms with Gasteiger partial charge in [-0.15, -0.1) is 0 Å². The number of hydrogen-bond acceptors (Lipinski definition) is 3. The van der Waals surface area contributed by atoms with Crippen molar-refractivity contribution in [3.8, 4) is 5.75 Å². The van der Waals surface area contributed by atoms with Gasteiger partial charge in [-0.25, -0.2) is 12.8 Å². The molecule has 1 aliphatic heterocycles. The lowest BCUT2D eigenvalue weighted by Crippen LogP contribution is -2.38. The molecule has 2 aromatic rings. The van der Waals surface area contributed by atoms with E-state index in [1.165, 1.54) is 28.1 Å². The summed E-state index contributed by atoms with van der Waals surface area (Å²) in [4.78, 5) is 0.0288. The summed E-state index contributed by atoms with van der Waals surface area (Å²) in [5.41, 5.74) is 1.23. The second-order valence-corrected chi connectivity index (χ2v) is 8.29. The van der Waals surface area contributed by atoms with Crippen molar-refractivity contribution in [2.45, 2.75) is 24.2 Å². The monoisotopic (exact) mass is 363 g/mol. The van der Waals surface area contributed by atoms with Crippen LogP contribution >= 0.6 is 0 Å². The van der Waals surface area contributed by atoms with Gasteiger partial charge in [0.25, 0.3) is 0 Å². The summed E-state index contributed by atoms with van der Waals surface area (Å²) in [6.07, 6.45) is 2.54. The van der Waals surface area contributed by atoms with E-state index in [2.05, 4.69) is 12.1 Å². The number of hydrogen-bond donors (Lipinski definition) is 0. The molecule has 0 amide bonds. The van der Waals surface area contributed by atoms with Crippen molar-refractivity contribution in [1.29, 1.82) is 0 Å². The molecule has 0 unspecified atom stereocenters. The minimum Gasteiger partial charge on any atom is -0.497 e. The summed E-state index contributed by atoms with van der Waals surface area (Å²) in [5.74, 6) is 0.752. The number of benzene rings is 2. The molecule has 25 heavy (non-hydrogen) atoms. The Balaban J connectivity index is 1.61. The van der Waals surface area contributed by atoms with Crippen molar-refractivity contribution in [1.82, 2.24) is 4.31 Å². The summed E-state index contributed by atoms with van der Waals surface area (Å²) >= 11 is 0. The average Bonchev–Trinajstić information content (AvgIpc) is 2.63. The van der Waals surface area contributed by atoms with Crippen LogP contribution in [0.2, 0.25) is 0 Å². The molecule has 0 aliphatic carbocycles. The molecule has 6 heteroatoms. The SMILES string of the molecule is COc1ccc(CC2CCN(S(=O)(=O)c3cccc(F)c3)CC2)cc1. The van der Waals surface area contributed by atoms with E-state index in [4.69, 9.17) is 4.74 Å². The second kappa shape index (κ2) is 7.54. The lowest BCUT2D eigenvalue weighted by molar-refractivity contribution is 0.272. The van der Waals surface area contributed by atoms with Crippen molar-refractivity contribution in [3.63, 3.8) is 0 Å². The van der Waals surface area contributed by atoms with Crippen LogP contribution in [0.1, 0.15) is 18.4 Å². The molecule has 0 bridgehead atoms. The molecule has 0 spiro atoms. The first kappa shape index (κ1) is 17.9. The third-order valence-corrected chi connectivity index (χ3v) is 6.59. The lowest BCUT2D eigenvalue weighted by atomic mass is 9.91. The van der Waals surface area contributed by atoms with Crippen LogP contribution in [-0.4, -0.2) is 32.9 Å². The van der Waals surface area contributed by atoms with Gasteiger partial charge in [0.15, 0.2) is 0 Å². The van der Waals surface area contributed by atoms with Crippen LogP contribution in [0.15, 0.2) is 53.4 Å². The molecule has 4 nitrogen and oxygen atoms in total. The van der Waals surface area contributed by atoms with E-state index in [0.29, 0.717) is 19.0 Å². The van der Waals surface area contributed by atoms with Crippen LogP contribution in [-0.2, 0) is 16.4 Å². The summed E-state index contributed by atoms with van der Waals surface area (Å²) in [6, 6.07) is 13.2. The van der Waals surface area contributed by atoms with E-state index < -0.39 is 15.8 Å². The van der Waals surface area contributed by atoms with Crippen LogP contribution in [0.4, 0.5) is 4.39 Å². The molecule has 134 valence electrons. The molecular weight excluding hydrogens is 341 g/mol. The first-order chi connectivity index (χ1) is 12.0. The van der Waals surface area contributed by atoms with Crippen LogP contribution in [0.25, 0.3) is 0 Å². The largest absolute Gasteiger partial charge is 0.497 e. The smallest absolute Gasteiger partial charge is 0.243 e. The van der Waals surface area contributed by atoms with Crippen LogP contribution in [0, 0.1) is 11.7 Å². The number of halogens is 1. The van der Waals surface area contributed by atoms with E-state index in [1.54, 1.807) is 7.11 Å². The van der Waals surface area contributed by atoms with Gasteiger partial charge in [-0.2, -0.15) is 4.31 Å². The highest BCUT2D eigenvalue weighted by atomic mass is 32.2. The molecular formula is C19H22FNO3S. The topological polar surface area (TPSA) is 46.6 Å². The first-order valence-electron chi connectivity index (χ1n) is 8.37. The Kier molecular flexibility index (Phi) is 5.39. The predicted octanol–water partition coefficient (Wildman–Crippen LogP) is 3.48. The van der Waals surface area contributed by atoms with Crippen LogP contribution < -0.4 is 4.74 Å². The predicted molar refractivity (Wildman–Crippen MR) is 94.6 cm³/mol. The number of ether oxygens (including phenoxy) is 1. The molecule has 1 heterocycles. The quantitative estimate of drug-likeness (QED) is 0.817. The first-order valence-corrected chi connectivity index (χ1v) is 9.81. The molecule has 0 N–H and O–H groups in total. The van der Waals surface area contributed by atoms with Gasteiger partial charge in [-0.1, -0.05) is 18.2 Å². The van der Waals surface area contributed by atoms with Gasteiger partial charge in [-0.05, 0) is 61.1 Å². The second-order valence-electron chi connectivity index (χ2n) is 6.36. The van der Waals surface area contributed by atoms with E-state index in [1.807, 2.05) is 12.1 Å². The van der Waals surface area contributed by atoms with Gasteiger partial charge in [0.05, 0.1) is 12.0 Å². The number of nitrogens with zero attached hydrogens (tertiary/aromatic N) is 1. The highest BCUT2D eigenvalue weighted by molar-refractivity contribution is 7.89. The Labute approximate surface area is 148 Å². The zero-order valence-corrected chi connectivity index (χ0v) is 15.0. The fourth-order valence-electron chi connectivity index (χ4n) is 3.23. The summed E-state index contributed by atoms with van der Waals surface area (Å²) in [7, 11) is -1.97. The van der Waals surface area contributed by atoms with E-state index in [0.717, 1.165) is 31.1 Å². The number of sulfonamides is 1. The Morgan fingerprint density at radius 3 is 2.40 bits per heavy atom. The number of piperidine rings is 1. The fraction of sp³-hybridized carbons (Fsp3) is 0.368. The van der Waals surface area contributed by atoms with Gasteiger partial charge in [0.1, 0.15) is 11.6 Å². The van der Waals surface area contributed by atoms with Crippen LogP contribution in [0.5, 0.6) is 5.75 Å². The molecule has 1 aliphatic rings. The van der Waals surface area contributed by atoms with Crippen molar-refractivity contribution >= 4 is 10.0 Å². The van der Waals surface area contributed by atoms with Crippen molar-refractivity contribution < 1.29 is 17.5 Å². The molecule has 0 atom stereocenters. The maximum absolute atomic E-state index is 13.3. The Bertz CT molecular complexity index is 813. The average molecular weight is 363 g/mol. The van der Waals surface area contributed by atoms with Crippen molar-refractivity contribution in [2.75, 3.05) is 20.2 Å². The summed E-state index contributed by atoms with van der Waals surface area (Å²) < 4.78 is 45.2. The standard InChI is InChI=1S/C19H22FNO3S/c1-24-18-7-5-15(6-8-18)13-16-9-11-21(12-10-16)25(22,23)19-4-2-3-17(20)14-19/h2-8,14,16H,9-13H2,1H3. The van der Waals surface area contributed by atoms with E-state index in [-0.39, 0.29) is 4.90 Å². The highest BCUT2D eigenvalue weighted by Gasteiger charge is 2.29. The third-order valence-electron chi connectivity index (χ3n) is 4.69. The molecule has 1 saturated heterocycles. The van der Waals surface area contributed by atoms with E-state index in [9.17, 15) is 12.8 Å². The maximum Gasteiger partial charge on any atom is 0.243 e. The molecule has 0 radical (unpaired) electrons. The van der Waals surface area contributed by atoms with Crippen molar-refractivity contribution in [2.24, 2.45) is 5.92 Å². The molecule has 3 rings (SSSR count). The van der Waals surface area contributed by atoms with Gasteiger partial charge in [-0.3, -0.25) is 0 Å². The summed E-state index contributed by atoms with van der Waals surface area (Å²) in [6.45, 7) is 0.944. The van der Waals surface area contributed by atoms with E-state index >= 15 is 0 Å². The third kappa shape index (κ3) is 4.19. The minimum absolute atomic E-state index is 0.0288. The molecule has 0 saturated carbocycles. The van der Waals surface area contributed by atoms with Gasteiger partial charge >= 0.3 is 0 Å². The van der Waals surface area contributed by atoms with Crippen LogP contribution in [0.3, 0.4) is 0 Å².